The van der Waals surface area contributed by atoms with Gasteiger partial charge in [0.15, 0.2) is 0 Å². The molecule has 0 spiro atoms. The van der Waals surface area contributed by atoms with E-state index in [2.05, 4.69) is 27.5 Å². The number of pyridine rings is 1. The molecule has 0 aliphatic carbocycles. The number of benzene rings is 2. The highest BCUT2D eigenvalue weighted by molar-refractivity contribution is 6.06. The maximum absolute atomic E-state index is 12.7. The zero-order chi connectivity index (χ0) is 18.6. The van der Waals surface area contributed by atoms with Gasteiger partial charge in [0.25, 0.3) is 5.91 Å². The minimum absolute atomic E-state index is 0.173. The number of hydrogen-bond acceptors (Lipinski definition) is 3. The van der Waals surface area contributed by atoms with E-state index in [1.54, 1.807) is 6.20 Å². The average molecular weight is 356 g/mol. The number of hydrogen-bond donors (Lipinski definition) is 1. The molecule has 0 fully saturated rings. The number of nitrogens with zero attached hydrogens (tertiary/aromatic N) is 3. The molecule has 0 aliphatic rings. The van der Waals surface area contributed by atoms with Crippen LogP contribution in [0.25, 0.3) is 10.9 Å². The van der Waals surface area contributed by atoms with Crippen molar-refractivity contribution >= 4 is 22.5 Å². The fraction of sp³-hybridized carbons (Fsp3) is 0.136. The first-order valence-corrected chi connectivity index (χ1v) is 8.93. The number of aryl methyl sites for hydroxylation is 3. The number of carbonyl (C=O) groups is 1. The van der Waals surface area contributed by atoms with Crippen LogP contribution >= 0.6 is 0 Å². The monoisotopic (exact) mass is 356 g/mol. The molecule has 0 atom stereocenters. The third kappa shape index (κ3) is 3.87. The van der Waals surface area contributed by atoms with Gasteiger partial charge in [-0.25, -0.2) is 0 Å². The minimum atomic E-state index is -0.173. The molecule has 0 saturated heterocycles. The lowest BCUT2D eigenvalue weighted by Gasteiger charge is -2.07. The second kappa shape index (κ2) is 7.41. The van der Waals surface area contributed by atoms with E-state index in [0.29, 0.717) is 16.9 Å². The van der Waals surface area contributed by atoms with Gasteiger partial charge in [-0.1, -0.05) is 48.5 Å². The van der Waals surface area contributed by atoms with Crippen LogP contribution < -0.4 is 5.32 Å². The number of amides is 1. The maximum atomic E-state index is 12.7. The number of nitrogens with one attached hydrogen (secondary N) is 1. The Morgan fingerprint density at radius 2 is 1.85 bits per heavy atom. The second-order valence-electron chi connectivity index (χ2n) is 6.50. The second-order valence-corrected chi connectivity index (χ2v) is 6.50. The standard InChI is InChI=1S/C22H20N4O/c1-16-20(13-18-9-5-6-10-21(18)24-16)22(27)25-19-14-23-26(15-19)12-11-17-7-3-2-4-8-17/h2-10,13-15H,11-12H2,1H3,(H,25,27). The highest BCUT2D eigenvalue weighted by atomic mass is 16.1. The van der Waals surface area contributed by atoms with Crippen LogP contribution in [-0.4, -0.2) is 20.7 Å². The first-order chi connectivity index (χ1) is 13.2. The van der Waals surface area contributed by atoms with Crippen molar-refractivity contribution in [1.29, 1.82) is 0 Å². The highest BCUT2D eigenvalue weighted by Crippen LogP contribution is 2.18. The molecule has 2 aromatic carbocycles. The molecule has 4 aromatic rings. The number of para-hydroxylation sites is 1. The third-order valence-corrected chi connectivity index (χ3v) is 4.52. The molecule has 0 saturated carbocycles. The number of anilines is 1. The van der Waals surface area contributed by atoms with Gasteiger partial charge in [-0.3, -0.25) is 14.5 Å². The van der Waals surface area contributed by atoms with Gasteiger partial charge in [0.2, 0.25) is 0 Å². The van der Waals surface area contributed by atoms with Crippen molar-refractivity contribution < 1.29 is 4.79 Å². The summed E-state index contributed by atoms with van der Waals surface area (Å²) in [6, 6.07) is 19.9. The number of carbonyl (C=O) groups excluding carboxylic acids is 1. The summed E-state index contributed by atoms with van der Waals surface area (Å²) < 4.78 is 1.84. The van der Waals surface area contributed by atoms with Crippen molar-refractivity contribution in [3.63, 3.8) is 0 Å². The van der Waals surface area contributed by atoms with Crippen LogP contribution in [0.1, 0.15) is 21.6 Å². The molecule has 1 amide bonds. The summed E-state index contributed by atoms with van der Waals surface area (Å²) in [5.41, 5.74) is 4.12. The van der Waals surface area contributed by atoms with E-state index in [4.69, 9.17) is 0 Å². The fourth-order valence-electron chi connectivity index (χ4n) is 3.08. The Morgan fingerprint density at radius 3 is 2.70 bits per heavy atom. The molecule has 0 aliphatic heterocycles. The topological polar surface area (TPSA) is 59.8 Å². The lowest BCUT2D eigenvalue weighted by Crippen LogP contribution is -2.14. The summed E-state index contributed by atoms with van der Waals surface area (Å²) in [4.78, 5) is 17.2. The Labute approximate surface area is 157 Å². The van der Waals surface area contributed by atoms with Crippen molar-refractivity contribution in [2.24, 2.45) is 0 Å². The van der Waals surface area contributed by atoms with E-state index in [1.807, 2.05) is 66.3 Å². The van der Waals surface area contributed by atoms with E-state index < -0.39 is 0 Å². The van der Waals surface area contributed by atoms with Crippen LogP contribution in [0.3, 0.4) is 0 Å². The summed E-state index contributed by atoms with van der Waals surface area (Å²) >= 11 is 0. The summed E-state index contributed by atoms with van der Waals surface area (Å²) in [5.74, 6) is -0.173. The van der Waals surface area contributed by atoms with Crippen LogP contribution in [0, 0.1) is 6.92 Å². The van der Waals surface area contributed by atoms with Gasteiger partial charge in [-0.2, -0.15) is 5.10 Å². The molecule has 0 unspecified atom stereocenters. The molecule has 27 heavy (non-hydrogen) atoms. The Bertz CT molecular complexity index is 1090. The Hall–Kier alpha value is -3.47. The van der Waals surface area contributed by atoms with Crippen LogP contribution in [0.2, 0.25) is 0 Å². The molecule has 5 nitrogen and oxygen atoms in total. The molecular formula is C22H20N4O. The van der Waals surface area contributed by atoms with Gasteiger partial charge in [-0.05, 0) is 31.0 Å². The van der Waals surface area contributed by atoms with Crippen LogP contribution in [0.15, 0.2) is 73.1 Å². The zero-order valence-electron chi connectivity index (χ0n) is 15.1. The highest BCUT2D eigenvalue weighted by Gasteiger charge is 2.13. The van der Waals surface area contributed by atoms with Gasteiger partial charge in [0.05, 0.1) is 28.7 Å². The minimum Gasteiger partial charge on any atom is -0.319 e. The number of rotatable bonds is 5. The largest absolute Gasteiger partial charge is 0.319 e. The molecule has 1 N–H and O–H groups in total. The summed E-state index contributed by atoms with van der Waals surface area (Å²) in [6.45, 7) is 2.61. The summed E-state index contributed by atoms with van der Waals surface area (Å²) in [5, 5.41) is 8.21. The number of aromatic nitrogens is 3. The van der Waals surface area contributed by atoms with Crippen molar-refractivity contribution in [2.75, 3.05) is 5.32 Å². The number of fused-ring (bicyclic) bond motifs is 1. The van der Waals surface area contributed by atoms with E-state index >= 15 is 0 Å². The summed E-state index contributed by atoms with van der Waals surface area (Å²) in [6.07, 6.45) is 4.42. The normalized spacial score (nSPS) is 10.9. The molecule has 5 heteroatoms. The molecule has 2 aromatic heterocycles. The van der Waals surface area contributed by atoms with E-state index in [-0.39, 0.29) is 5.91 Å². The fourth-order valence-corrected chi connectivity index (χ4v) is 3.08. The zero-order valence-corrected chi connectivity index (χ0v) is 15.1. The van der Waals surface area contributed by atoms with Crippen LogP contribution in [-0.2, 0) is 13.0 Å². The average Bonchev–Trinajstić information content (AvgIpc) is 3.14. The van der Waals surface area contributed by atoms with Crippen molar-refractivity contribution in [2.45, 2.75) is 19.9 Å². The van der Waals surface area contributed by atoms with Gasteiger partial charge < -0.3 is 5.32 Å². The van der Waals surface area contributed by atoms with E-state index in [0.717, 1.165) is 23.9 Å². The Kier molecular flexibility index (Phi) is 4.66. The predicted octanol–water partition coefficient (Wildman–Crippen LogP) is 4.23. The predicted molar refractivity (Wildman–Crippen MR) is 107 cm³/mol. The lowest BCUT2D eigenvalue weighted by molar-refractivity contribution is 0.102. The first-order valence-electron chi connectivity index (χ1n) is 8.93. The van der Waals surface area contributed by atoms with Gasteiger partial charge in [-0.15, -0.1) is 0 Å². The Balaban J connectivity index is 1.46. The van der Waals surface area contributed by atoms with E-state index in [9.17, 15) is 4.79 Å². The van der Waals surface area contributed by atoms with Gasteiger partial charge in [0.1, 0.15) is 0 Å². The van der Waals surface area contributed by atoms with Gasteiger partial charge in [0, 0.05) is 18.1 Å². The van der Waals surface area contributed by atoms with Crippen molar-refractivity contribution in [3.8, 4) is 0 Å². The van der Waals surface area contributed by atoms with Gasteiger partial charge >= 0.3 is 0 Å². The van der Waals surface area contributed by atoms with Crippen LogP contribution in [0.5, 0.6) is 0 Å². The quantitative estimate of drug-likeness (QED) is 0.582. The Morgan fingerprint density at radius 1 is 1.07 bits per heavy atom. The molecular weight excluding hydrogens is 336 g/mol. The maximum Gasteiger partial charge on any atom is 0.257 e. The van der Waals surface area contributed by atoms with Crippen LogP contribution in [0.4, 0.5) is 5.69 Å². The lowest BCUT2D eigenvalue weighted by atomic mass is 10.1. The smallest absolute Gasteiger partial charge is 0.257 e. The van der Waals surface area contributed by atoms with Crippen molar-refractivity contribution in [1.82, 2.24) is 14.8 Å². The summed E-state index contributed by atoms with van der Waals surface area (Å²) in [7, 11) is 0. The first kappa shape index (κ1) is 17.0. The molecule has 134 valence electrons. The molecule has 4 rings (SSSR count). The molecule has 0 bridgehead atoms. The molecule has 0 radical (unpaired) electrons. The third-order valence-electron chi connectivity index (χ3n) is 4.52. The molecule has 2 heterocycles. The van der Waals surface area contributed by atoms with Crippen molar-refractivity contribution in [3.05, 3.63) is 89.9 Å². The van der Waals surface area contributed by atoms with E-state index in [1.165, 1.54) is 5.56 Å². The SMILES string of the molecule is Cc1nc2ccccc2cc1C(=O)Nc1cnn(CCc2ccccc2)c1.